The molecule has 0 bridgehead atoms. The fraction of sp³-hybridized carbons (Fsp3) is 0.364. The zero-order valence-electron chi connectivity index (χ0n) is 9.96. The van der Waals surface area contributed by atoms with E-state index >= 15 is 0 Å². The number of carbonyl (C=O) groups excluding carboxylic acids is 1. The monoisotopic (exact) mass is 236 g/mol. The van der Waals surface area contributed by atoms with Crippen LogP contribution >= 0.6 is 0 Å². The minimum absolute atomic E-state index is 0.364. The van der Waals surface area contributed by atoms with Crippen molar-refractivity contribution in [3.8, 4) is 0 Å². The smallest absolute Gasteiger partial charge is 0.342 e. The zero-order chi connectivity index (χ0) is 12.8. The average Bonchev–Trinajstić information content (AvgIpc) is 2.33. The maximum Gasteiger partial charge on any atom is 0.342 e. The third-order valence-corrected chi connectivity index (χ3v) is 2.51. The molecule has 0 aliphatic rings. The van der Waals surface area contributed by atoms with Gasteiger partial charge in [0.25, 0.3) is 0 Å². The summed E-state index contributed by atoms with van der Waals surface area (Å²) < 4.78 is 0. The number of nitrogens with zero attached hydrogens (tertiary/aromatic N) is 3. The lowest BCUT2D eigenvalue weighted by molar-refractivity contribution is 0.254. The summed E-state index contributed by atoms with van der Waals surface area (Å²) in [7, 11) is 0. The summed E-state index contributed by atoms with van der Waals surface area (Å²) in [5, 5.41) is 3.18. The number of nitroso groups, excluding NO2 is 1. The quantitative estimate of drug-likeness (QED) is 0.628. The lowest BCUT2D eigenvalue weighted by atomic mass is 10.2. The van der Waals surface area contributed by atoms with E-state index in [9.17, 15) is 9.70 Å². The molecule has 0 radical (unpaired) electrons. The van der Waals surface area contributed by atoms with Crippen molar-refractivity contribution < 1.29 is 4.79 Å². The molecule has 1 aromatic carbocycles. The van der Waals surface area contributed by atoms with Crippen LogP contribution in [0.5, 0.6) is 0 Å². The number of urea groups is 1. The molecule has 0 saturated heterocycles. The van der Waals surface area contributed by atoms with Crippen LogP contribution in [0.25, 0.3) is 0 Å². The van der Waals surface area contributed by atoms with Crippen molar-refractivity contribution in [2.75, 3.05) is 23.0 Å². The molecule has 0 spiro atoms. The lowest BCUT2D eigenvalue weighted by Crippen LogP contribution is -2.30. The van der Waals surface area contributed by atoms with E-state index in [0.29, 0.717) is 10.7 Å². The van der Waals surface area contributed by atoms with Gasteiger partial charge in [-0.3, -0.25) is 0 Å². The van der Waals surface area contributed by atoms with E-state index in [0.717, 1.165) is 18.8 Å². The first-order valence-electron chi connectivity index (χ1n) is 5.41. The van der Waals surface area contributed by atoms with E-state index in [2.05, 4.69) is 24.0 Å². The molecule has 0 unspecified atom stereocenters. The summed E-state index contributed by atoms with van der Waals surface area (Å²) in [6.07, 6.45) is 0. The lowest BCUT2D eigenvalue weighted by Gasteiger charge is -2.21. The molecule has 0 aliphatic heterocycles. The molecule has 2 N–H and O–H groups in total. The largest absolute Gasteiger partial charge is 0.372 e. The van der Waals surface area contributed by atoms with Crippen LogP contribution in [0.1, 0.15) is 13.8 Å². The number of carbonyl (C=O) groups is 1. The molecule has 0 aliphatic carbocycles. The molecule has 0 heterocycles. The van der Waals surface area contributed by atoms with Gasteiger partial charge in [0.1, 0.15) is 0 Å². The van der Waals surface area contributed by atoms with Gasteiger partial charge >= 0.3 is 6.03 Å². The van der Waals surface area contributed by atoms with Crippen molar-refractivity contribution in [2.45, 2.75) is 13.8 Å². The average molecular weight is 236 g/mol. The first-order valence-corrected chi connectivity index (χ1v) is 5.41. The van der Waals surface area contributed by atoms with Crippen molar-refractivity contribution in [3.63, 3.8) is 0 Å². The summed E-state index contributed by atoms with van der Waals surface area (Å²) in [4.78, 5) is 23.5. The molecular weight excluding hydrogens is 220 g/mol. The Balaban J connectivity index is 2.94. The Hall–Kier alpha value is -2.11. The van der Waals surface area contributed by atoms with Crippen molar-refractivity contribution >= 4 is 17.4 Å². The van der Waals surface area contributed by atoms with Crippen molar-refractivity contribution in [2.24, 2.45) is 11.0 Å². The van der Waals surface area contributed by atoms with Gasteiger partial charge in [0, 0.05) is 18.8 Å². The number of hydrogen-bond acceptors (Lipinski definition) is 4. The third kappa shape index (κ3) is 2.93. The zero-order valence-corrected chi connectivity index (χ0v) is 9.96. The van der Waals surface area contributed by atoms with Crippen LogP contribution in [-0.4, -0.2) is 19.1 Å². The fourth-order valence-electron chi connectivity index (χ4n) is 1.61. The van der Waals surface area contributed by atoms with Crippen LogP contribution < -0.4 is 15.6 Å². The van der Waals surface area contributed by atoms with Gasteiger partial charge < -0.3 is 10.6 Å². The van der Waals surface area contributed by atoms with Gasteiger partial charge in [0.05, 0.1) is 11.0 Å². The Kier molecular flexibility index (Phi) is 4.45. The number of anilines is 2. The predicted octanol–water partition coefficient (Wildman–Crippen LogP) is 2.10. The number of benzene rings is 1. The third-order valence-electron chi connectivity index (χ3n) is 2.51. The van der Waals surface area contributed by atoms with Crippen LogP contribution in [0.3, 0.4) is 0 Å². The molecular formula is C11H16N4O2. The highest BCUT2D eigenvalue weighted by Gasteiger charge is 2.12. The molecule has 92 valence electrons. The second-order valence-corrected chi connectivity index (χ2v) is 3.42. The van der Waals surface area contributed by atoms with Crippen LogP contribution in [-0.2, 0) is 0 Å². The van der Waals surface area contributed by atoms with Gasteiger partial charge in [-0.15, -0.1) is 9.92 Å². The summed E-state index contributed by atoms with van der Waals surface area (Å²) in [5.41, 5.74) is 6.40. The van der Waals surface area contributed by atoms with Crippen LogP contribution in [0.4, 0.5) is 16.2 Å². The highest BCUT2D eigenvalue weighted by molar-refractivity contribution is 5.90. The van der Waals surface area contributed by atoms with Crippen molar-refractivity contribution in [3.05, 3.63) is 29.2 Å². The van der Waals surface area contributed by atoms with Gasteiger partial charge in [-0.1, -0.05) is 0 Å². The van der Waals surface area contributed by atoms with Crippen LogP contribution in [0, 0.1) is 4.91 Å². The Morgan fingerprint density at radius 2 is 1.65 bits per heavy atom. The molecule has 2 amide bonds. The molecule has 0 saturated carbocycles. The Labute approximate surface area is 99.9 Å². The molecule has 17 heavy (non-hydrogen) atoms. The van der Waals surface area contributed by atoms with Crippen molar-refractivity contribution in [1.29, 1.82) is 0 Å². The normalized spacial score (nSPS) is 9.76. The topological polar surface area (TPSA) is 79.0 Å². The molecule has 0 aromatic heterocycles. The molecule has 0 atom stereocenters. The van der Waals surface area contributed by atoms with E-state index in [1.807, 2.05) is 12.1 Å². The standard InChI is InChI=1S/C11H16N4O2/c1-3-14(4-2)9-5-7-10(8-6-9)15(13-17)11(12)16/h5-8H,3-4H2,1-2H3,(H2,12,16). The second-order valence-electron chi connectivity index (χ2n) is 3.42. The van der Waals surface area contributed by atoms with E-state index in [1.54, 1.807) is 12.1 Å². The van der Waals surface area contributed by atoms with Crippen LogP contribution in [0.15, 0.2) is 29.6 Å². The minimum atomic E-state index is -0.893. The Morgan fingerprint density at radius 3 is 2.00 bits per heavy atom. The van der Waals surface area contributed by atoms with E-state index in [4.69, 9.17) is 5.73 Å². The maximum absolute atomic E-state index is 10.9. The van der Waals surface area contributed by atoms with Gasteiger partial charge in [-0.2, -0.15) is 0 Å². The number of amides is 2. The summed E-state index contributed by atoms with van der Waals surface area (Å²) in [6.45, 7) is 5.89. The van der Waals surface area contributed by atoms with Crippen molar-refractivity contribution in [1.82, 2.24) is 0 Å². The summed E-state index contributed by atoms with van der Waals surface area (Å²) >= 11 is 0. The van der Waals surface area contributed by atoms with E-state index in [-0.39, 0.29) is 0 Å². The summed E-state index contributed by atoms with van der Waals surface area (Å²) in [5.74, 6) is 0. The highest BCUT2D eigenvalue weighted by Crippen LogP contribution is 2.20. The Morgan fingerprint density at radius 1 is 1.18 bits per heavy atom. The minimum Gasteiger partial charge on any atom is -0.372 e. The molecule has 6 nitrogen and oxygen atoms in total. The maximum atomic E-state index is 10.9. The number of nitrogens with two attached hydrogens (primary N) is 1. The molecule has 6 heteroatoms. The summed E-state index contributed by atoms with van der Waals surface area (Å²) in [6, 6.07) is 6.03. The number of hydrogen-bond donors (Lipinski definition) is 1. The van der Waals surface area contributed by atoms with Gasteiger partial charge in [-0.05, 0) is 38.1 Å². The molecule has 1 aromatic rings. The molecule has 0 fully saturated rings. The first kappa shape index (κ1) is 13.0. The predicted molar refractivity (Wildman–Crippen MR) is 67.9 cm³/mol. The highest BCUT2D eigenvalue weighted by atomic mass is 16.3. The number of primary amides is 1. The Bertz CT molecular complexity index is 387. The van der Waals surface area contributed by atoms with Gasteiger partial charge in [0.15, 0.2) is 0 Å². The molecule has 1 rings (SSSR count). The number of rotatable bonds is 5. The SMILES string of the molecule is CCN(CC)c1ccc(N(N=O)C(N)=O)cc1. The van der Waals surface area contributed by atoms with E-state index < -0.39 is 6.03 Å². The van der Waals surface area contributed by atoms with E-state index in [1.165, 1.54) is 0 Å². The van der Waals surface area contributed by atoms with Gasteiger partial charge in [0.2, 0.25) is 0 Å². The second kappa shape index (κ2) is 5.83. The van der Waals surface area contributed by atoms with Crippen LogP contribution in [0.2, 0.25) is 0 Å². The van der Waals surface area contributed by atoms with Gasteiger partial charge in [-0.25, -0.2) is 4.79 Å². The first-order chi connectivity index (χ1) is 8.13. The fourth-order valence-corrected chi connectivity index (χ4v) is 1.61.